The molecule has 9 nitrogen and oxygen atoms in total. The molecule has 1 aromatic heterocycles. The van der Waals surface area contributed by atoms with Crippen LogP contribution in [0.1, 0.15) is 22.8 Å². The van der Waals surface area contributed by atoms with Crippen molar-refractivity contribution in [3.8, 4) is 28.4 Å². The van der Waals surface area contributed by atoms with Gasteiger partial charge < -0.3 is 19.5 Å². The zero-order valence-corrected chi connectivity index (χ0v) is 25.8. The maximum absolute atomic E-state index is 13.9. The number of para-hydroxylation sites is 1. The second-order valence-electron chi connectivity index (χ2n) is 9.81. The molecule has 2 heterocycles. The first-order valence-corrected chi connectivity index (χ1v) is 15.2. The van der Waals surface area contributed by atoms with Crippen molar-refractivity contribution in [3.05, 3.63) is 88.9 Å². The van der Waals surface area contributed by atoms with Gasteiger partial charge in [-0.25, -0.2) is 4.68 Å². The number of nitrogens with zero attached hydrogens (tertiary/aromatic N) is 3. The van der Waals surface area contributed by atoms with Crippen molar-refractivity contribution >= 4 is 41.0 Å². The Morgan fingerprint density at radius 2 is 1.77 bits per heavy atom. The van der Waals surface area contributed by atoms with Crippen LogP contribution >= 0.6 is 23.4 Å². The molecule has 0 bridgehead atoms. The summed E-state index contributed by atoms with van der Waals surface area (Å²) in [7, 11) is 4.86. The van der Waals surface area contributed by atoms with Crippen LogP contribution in [0.2, 0.25) is 5.02 Å². The van der Waals surface area contributed by atoms with Gasteiger partial charge in [-0.05, 0) is 48.9 Å². The molecule has 0 spiro atoms. The second-order valence-corrected chi connectivity index (χ2v) is 11.3. The highest BCUT2D eigenvalue weighted by Crippen LogP contribution is 2.50. The van der Waals surface area contributed by atoms with E-state index < -0.39 is 0 Å². The Hall–Kier alpha value is -3.99. The maximum atomic E-state index is 13.9. The van der Waals surface area contributed by atoms with Gasteiger partial charge in [-0.3, -0.25) is 14.5 Å². The van der Waals surface area contributed by atoms with Crippen LogP contribution in [0.4, 0.5) is 5.82 Å². The highest BCUT2D eigenvalue weighted by atomic mass is 35.5. The molecule has 43 heavy (non-hydrogen) atoms. The van der Waals surface area contributed by atoms with Gasteiger partial charge >= 0.3 is 0 Å². The van der Waals surface area contributed by atoms with E-state index in [9.17, 15) is 9.59 Å². The SMILES string of the molecule is COCCCNC(=O)CN1C(=O)CSC(c2ccccc2OC)c2c(-c3ccc(Cl)cc3)nn(-c3ccc(OC)cc3)c21. The lowest BCUT2D eigenvalue weighted by molar-refractivity contribution is -0.122. The number of ether oxygens (including phenoxy) is 3. The van der Waals surface area contributed by atoms with E-state index in [4.69, 9.17) is 30.9 Å². The topological polar surface area (TPSA) is 94.9 Å². The van der Waals surface area contributed by atoms with E-state index in [2.05, 4.69) is 5.32 Å². The van der Waals surface area contributed by atoms with E-state index in [0.29, 0.717) is 53.3 Å². The highest BCUT2D eigenvalue weighted by Gasteiger charge is 2.38. The number of carbonyl (C=O) groups excluding carboxylic acids is 2. The second kappa shape index (κ2) is 14.0. The van der Waals surface area contributed by atoms with E-state index in [-0.39, 0.29) is 29.4 Å². The maximum Gasteiger partial charge on any atom is 0.240 e. The Morgan fingerprint density at radius 1 is 1.02 bits per heavy atom. The molecule has 0 saturated heterocycles. The van der Waals surface area contributed by atoms with E-state index in [1.807, 2.05) is 72.8 Å². The third-order valence-electron chi connectivity index (χ3n) is 7.09. The predicted molar refractivity (Wildman–Crippen MR) is 170 cm³/mol. The standard InChI is InChI=1S/C32H33ClN4O5S/c1-40-18-6-17-34-27(38)19-36-28(39)20-43-31(25-7-4-5-8-26(25)42-3)29-30(21-9-11-22(33)12-10-21)35-37(32(29)36)23-13-15-24(41-2)16-14-23/h4-5,7-16,31H,6,17-20H2,1-3H3,(H,34,38). The van der Waals surface area contributed by atoms with Crippen LogP contribution in [-0.2, 0) is 14.3 Å². The van der Waals surface area contributed by atoms with Gasteiger partial charge in [0.15, 0.2) is 0 Å². The number of fused-ring (bicyclic) bond motifs is 1. The summed E-state index contributed by atoms with van der Waals surface area (Å²) in [6, 6.07) is 22.6. The van der Waals surface area contributed by atoms with Crippen LogP contribution < -0.4 is 19.7 Å². The zero-order valence-electron chi connectivity index (χ0n) is 24.2. The van der Waals surface area contributed by atoms with Gasteiger partial charge in [-0.1, -0.05) is 41.9 Å². The van der Waals surface area contributed by atoms with Crippen molar-refractivity contribution in [3.63, 3.8) is 0 Å². The number of hydrogen-bond donors (Lipinski definition) is 1. The Morgan fingerprint density at radius 3 is 2.47 bits per heavy atom. The van der Waals surface area contributed by atoms with Crippen molar-refractivity contribution in [2.24, 2.45) is 0 Å². The van der Waals surface area contributed by atoms with Gasteiger partial charge in [0, 0.05) is 42.0 Å². The van der Waals surface area contributed by atoms with Crippen LogP contribution in [0, 0.1) is 0 Å². The van der Waals surface area contributed by atoms with Gasteiger partial charge in [-0.2, -0.15) is 5.10 Å². The average Bonchev–Trinajstić information content (AvgIpc) is 3.36. The third-order valence-corrected chi connectivity index (χ3v) is 8.58. The van der Waals surface area contributed by atoms with Crippen LogP contribution in [0.15, 0.2) is 72.8 Å². The number of amides is 2. The van der Waals surface area contributed by atoms with Crippen molar-refractivity contribution in [2.45, 2.75) is 11.7 Å². The van der Waals surface area contributed by atoms with Crippen molar-refractivity contribution in [1.82, 2.24) is 15.1 Å². The number of aromatic nitrogens is 2. The molecule has 4 aromatic rings. The first-order valence-electron chi connectivity index (χ1n) is 13.8. The molecule has 0 fully saturated rings. The molecule has 0 saturated carbocycles. The molecule has 2 amide bonds. The number of thioether (sulfide) groups is 1. The van der Waals surface area contributed by atoms with Crippen molar-refractivity contribution in [1.29, 1.82) is 0 Å². The lowest BCUT2D eigenvalue weighted by Crippen LogP contribution is -2.42. The third kappa shape index (κ3) is 6.66. The summed E-state index contributed by atoms with van der Waals surface area (Å²) >= 11 is 7.74. The van der Waals surface area contributed by atoms with Gasteiger partial charge in [0.25, 0.3) is 0 Å². The largest absolute Gasteiger partial charge is 0.497 e. The number of carbonyl (C=O) groups is 2. The summed E-state index contributed by atoms with van der Waals surface area (Å²) in [6.45, 7) is 0.798. The Balaban J connectivity index is 1.74. The van der Waals surface area contributed by atoms with E-state index in [1.165, 1.54) is 11.8 Å². The van der Waals surface area contributed by atoms with Crippen LogP contribution in [0.3, 0.4) is 0 Å². The quantitative estimate of drug-likeness (QED) is 0.220. The molecular formula is C32H33ClN4O5S. The molecule has 1 aliphatic heterocycles. The number of halogens is 1. The van der Waals surface area contributed by atoms with E-state index >= 15 is 0 Å². The van der Waals surface area contributed by atoms with Crippen LogP contribution in [-0.4, -0.2) is 68.4 Å². The monoisotopic (exact) mass is 620 g/mol. The zero-order chi connectivity index (χ0) is 30.3. The van der Waals surface area contributed by atoms with Gasteiger partial charge in [-0.15, -0.1) is 11.8 Å². The number of hydrogen-bond acceptors (Lipinski definition) is 7. The summed E-state index contributed by atoms with van der Waals surface area (Å²) in [5.41, 5.74) is 3.91. The lowest BCUT2D eigenvalue weighted by Gasteiger charge is -2.23. The molecule has 5 rings (SSSR count). The lowest BCUT2D eigenvalue weighted by atomic mass is 9.99. The smallest absolute Gasteiger partial charge is 0.240 e. The van der Waals surface area contributed by atoms with E-state index in [0.717, 1.165) is 16.7 Å². The number of nitrogens with one attached hydrogen (secondary N) is 1. The molecule has 1 atom stereocenters. The first kappa shape index (κ1) is 30.5. The normalized spacial score (nSPS) is 14.7. The van der Waals surface area contributed by atoms with Crippen molar-refractivity contribution in [2.75, 3.05) is 51.7 Å². The number of rotatable bonds is 11. The Bertz CT molecular complexity index is 1580. The summed E-state index contributed by atoms with van der Waals surface area (Å²) in [4.78, 5) is 28.6. The minimum atomic E-state index is -0.331. The summed E-state index contributed by atoms with van der Waals surface area (Å²) in [5.74, 6) is 1.58. The van der Waals surface area contributed by atoms with Gasteiger partial charge in [0.05, 0.1) is 36.6 Å². The summed E-state index contributed by atoms with van der Waals surface area (Å²) < 4.78 is 18.0. The molecule has 0 radical (unpaired) electrons. The van der Waals surface area contributed by atoms with Crippen LogP contribution in [0.5, 0.6) is 11.5 Å². The first-order chi connectivity index (χ1) is 20.9. The molecular weight excluding hydrogens is 588 g/mol. The summed E-state index contributed by atoms with van der Waals surface area (Å²) in [5, 5.41) is 8.29. The minimum Gasteiger partial charge on any atom is -0.497 e. The summed E-state index contributed by atoms with van der Waals surface area (Å²) in [6.07, 6.45) is 0.664. The van der Waals surface area contributed by atoms with Gasteiger partial charge in [0.1, 0.15) is 23.9 Å². The van der Waals surface area contributed by atoms with E-state index in [1.54, 1.807) is 30.9 Å². The number of anilines is 1. The average molecular weight is 621 g/mol. The number of methoxy groups -OCH3 is 3. The molecule has 1 aliphatic rings. The molecule has 3 aromatic carbocycles. The fourth-order valence-electron chi connectivity index (χ4n) is 5.02. The van der Waals surface area contributed by atoms with Crippen LogP contribution in [0.25, 0.3) is 16.9 Å². The molecule has 1 N–H and O–H groups in total. The fraction of sp³-hybridized carbons (Fsp3) is 0.281. The molecule has 11 heteroatoms. The minimum absolute atomic E-state index is 0.150. The highest BCUT2D eigenvalue weighted by molar-refractivity contribution is 8.00. The van der Waals surface area contributed by atoms with Crippen molar-refractivity contribution < 1.29 is 23.8 Å². The molecule has 1 unspecified atom stereocenters. The molecule has 224 valence electrons. The Kier molecular flexibility index (Phi) is 9.91. The predicted octanol–water partition coefficient (Wildman–Crippen LogP) is 5.53. The molecule has 0 aliphatic carbocycles. The fourth-order valence-corrected chi connectivity index (χ4v) is 6.37. The van der Waals surface area contributed by atoms with Gasteiger partial charge in [0.2, 0.25) is 11.8 Å². The number of benzene rings is 3. The Labute approximate surface area is 260 Å².